The molecule has 1 N–H and O–H groups in total. The van der Waals surface area contributed by atoms with E-state index in [1.807, 2.05) is 30.3 Å². The molecule has 8 nitrogen and oxygen atoms in total. The minimum atomic E-state index is -0.875. The number of nitro benzene ring substituents is 1. The molecule has 0 aliphatic carbocycles. The van der Waals surface area contributed by atoms with Crippen LogP contribution in [-0.2, 0) is 4.79 Å². The number of hydrogen-bond donors (Lipinski definition) is 1. The molecule has 2 rings (SSSR count). The number of nitro groups is 1. The van der Waals surface area contributed by atoms with E-state index in [0.717, 1.165) is 11.6 Å². The molecule has 0 fully saturated rings. The van der Waals surface area contributed by atoms with Crippen molar-refractivity contribution < 1.29 is 19.6 Å². The first-order chi connectivity index (χ1) is 12.9. The van der Waals surface area contributed by atoms with E-state index in [0.29, 0.717) is 0 Å². The number of rotatable bonds is 6. The lowest BCUT2D eigenvalue weighted by atomic mass is 10.1. The van der Waals surface area contributed by atoms with Gasteiger partial charge in [0.25, 0.3) is 11.6 Å². The largest absolute Gasteiger partial charge is 0.865 e. The molecule has 0 aromatic heterocycles. The highest BCUT2D eigenvalue weighted by Crippen LogP contribution is 2.35. The number of benzene rings is 2. The summed E-state index contributed by atoms with van der Waals surface area (Å²) in [6, 6.07) is 12.8. The van der Waals surface area contributed by atoms with Gasteiger partial charge in [0, 0.05) is 11.8 Å². The summed E-state index contributed by atoms with van der Waals surface area (Å²) >= 11 is 0. The van der Waals surface area contributed by atoms with Crippen LogP contribution in [0.3, 0.4) is 0 Å². The van der Waals surface area contributed by atoms with Crippen LogP contribution in [0.5, 0.6) is 11.5 Å². The van der Waals surface area contributed by atoms with E-state index in [4.69, 9.17) is 4.74 Å². The summed E-state index contributed by atoms with van der Waals surface area (Å²) in [7, 11) is 1.20. The van der Waals surface area contributed by atoms with Crippen molar-refractivity contribution in [3.05, 3.63) is 69.3 Å². The van der Waals surface area contributed by atoms with E-state index in [1.54, 1.807) is 13.0 Å². The van der Waals surface area contributed by atoms with Crippen molar-refractivity contribution in [1.82, 2.24) is 5.32 Å². The highest BCUT2D eigenvalue weighted by atomic mass is 16.6. The number of nitriles is 1. The number of nitrogens with one attached hydrogen (secondary N) is 1. The monoisotopic (exact) mass is 366 g/mol. The number of nitrogens with zero attached hydrogens (tertiary/aromatic N) is 2. The van der Waals surface area contributed by atoms with Gasteiger partial charge in [0.05, 0.1) is 18.1 Å². The molecule has 0 unspecified atom stereocenters. The van der Waals surface area contributed by atoms with Gasteiger partial charge in [0.2, 0.25) is 0 Å². The van der Waals surface area contributed by atoms with Crippen molar-refractivity contribution in [3.8, 4) is 17.6 Å². The average molecular weight is 366 g/mol. The van der Waals surface area contributed by atoms with Crippen LogP contribution in [0.1, 0.15) is 24.1 Å². The van der Waals surface area contributed by atoms with Crippen LogP contribution in [0.4, 0.5) is 5.69 Å². The van der Waals surface area contributed by atoms with Crippen LogP contribution in [0.25, 0.3) is 6.08 Å². The lowest BCUT2D eigenvalue weighted by Crippen LogP contribution is -2.27. The van der Waals surface area contributed by atoms with Gasteiger partial charge in [-0.05, 0) is 30.2 Å². The Kier molecular flexibility index (Phi) is 6.12. The first-order valence-corrected chi connectivity index (χ1v) is 7.88. The predicted octanol–water partition coefficient (Wildman–Crippen LogP) is 2.46. The molecule has 0 saturated heterocycles. The van der Waals surface area contributed by atoms with Gasteiger partial charge in [-0.15, -0.1) is 0 Å². The maximum absolute atomic E-state index is 12.4. The first-order valence-electron chi connectivity index (χ1n) is 7.88. The predicted molar refractivity (Wildman–Crippen MR) is 95.7 cm³/mol. The molecule has 8 heteroatoms. The van der Waals surface area contributed by atoms with Gasteiger partial charge >= 0.3 is 0 Å². The fraction of sp³-hybridized carbons (Fsp3) is 0.158. The second-order valence-corrected chi connectivity index (χ2v) is 5.60. The Morgan fingerprint density at radius 1 is 1.33 bits per heavy atom. The number of methoxy groups -OCH3 is 1. The molecule has 1 amide bonds. The third kappa shape index (κ3) is 4.61. The molecule has 2 aromatic carbocycles. The van der Waals surface area contributed by atoms with E-state index in [2.05, 4.69) is 5.32 Å². The van der Waals surface area contributed by atoms with Crippen LogP contribution >= 0.6 is 0 Å². The van der Waals surface area contributed by atoms with Crippen molar-refractivity contribution in [2.45, 2.75) is 13.0 Å². The Balaban J connectivity index is 2.32. The number of ether oxygens (including phenoxy) is 1. The van der Waals surface area contributed by atoms with Crippen LogP contribution in [0, 0.1) is 21.4 Å². The highest BCUT2D eigenvalue weighted by molar-refractivity contribution is 6.02. The third-order valence-corrected chi connectivity index (χ3v) is 3.80. The maximum Gasteiger partial charge on any atom is 0.266 e. The normalized spacial score (nSPS) is 12.0. The minimum absolute atomic E-state index is 0.136. The second-order valence-electron chi connectivity index (χ2n) is 5.60. The summed E-state index contributed by atoms with van der Waals surface area (Å²) in [6.45, 7) is 1.77. The average Bonchev–Trinajstić information content (AvgIpc) is 2.67. The van der Waals surface area contributed by atoms with E-state index >= 15 is 0 Å². The summed E-state index contributed by atoms with van der Waals surface area (Å²) in [5.74, 6) is -1.76. The molecule has 1 atom stereocenters. The lowest BCUT2D eigenvalue weighted by molar-refractivity contribution is -0.398. The van der Waals surface area contributed by atoms with Gasteiger partial charge in [0.15, 0.2) is 0 Å². The Labute approximate surface area is 155 Å². The van der Waals surface area contributed by atoms with E-state index in [9.17, 15) is 25.3 Å². The van der Waals surface area contributed by atoms with Crippen molar-refractivity contribution in [1.29, 1.82) is 5.26 Å². The van der Waals surface area contributed by atoms with Crippen molar-refractivity contribution in [2.24, 2.45) is 0 Å². The summed E-state index contributed by atoms with van der Waals surface area (Å²) in [5, 5.41) is 34.9. The van der Waals surface area contributed by atoms with E-state index in [1.165, 1.54) is 19.3 Å². The molecule has 138 valence electrons. The number of amides is 1. The standard InChI is InChI=1S/C19H17N3O5/c1-12(14-6-4-3-5-7-14)21-19(24)15(11-20)8-13-9-16(22(25)26)18(23)17(10-13)27-2/h3-10,12,23H,1-2H3,(H,21,24)/p-1/b15-8+/t12-/m1/s1. The molecule has 0 spiro atoms. The summed E-state index contributed by atoms with van der Waals surface area (Å²) in [5.41, 5.74) is 0.0390. The molecule has 27 heavy (non-hydrogen) atoms. The molecular weight excluding hydrogens is 350 g/mol. The van der Waals surface area contributed by atoms with Crippen LogP contribution in [0.2, 0.25) is 0 Å². The fourth-order valence-corrected chi connectivity index (χ4v) is 2.39. The van der Waals surface area contributed by atoms with Crippen LogP contribution < -0.4 is 15.2 Å². The fourth-order valence-electron chi connectivity index (χ4n) is 2.39. The Hall–Kier alpha value is -3.86. The quantitative estimate of drug-likeness (QED) is 0.362. The Morgan fingerprint density at radius 3 is 2.56 bits per heavy atom. The molecule has 0 bridgehead atoms. The van der Waals surface area contributed by atoms with Gasteiger partial charge in [-0.3, -0.25) is 14.9 Å². The smallest absolute Gasteiger partial charge is 0.266 e. The molecule has 0 aliphatic rings. The number of carbonyl (C=O) groups excluding carboxylic acids is 1. The van der Waals surface area contributed by atoms with Crippen molar-refractivity contribution >= 4 is 17.7 Å². The van der Waals surface area contributed by atoms with Crippen LogP contribution in [-0.4, -0.2) is 17.9 Å². The second kappa shape index (κ2) is 8.49. The zero-order chi connectivity index (χ0) is 20.0. The molecule has 0 aliphatic heterocycles. The molecule has 2 aromatic rings. The van der Waals surface area contributed by atoms with Gasteiger partial charge in [0.1, 0.15) is 17.4 Å². The minimum Gasteiger partial charge on any atom is -0.865 e. The maximum atomic E-state index is 12.4. The zero-order valence-electron chi connectivity index (χ0n) is 14.6. The van der Waals surface area contributed by atoms with Gasteiger partial charge in [-0.1, -0.05) is 30.3 Å². The Morgan fingerprint density at radius 2 is 2.00 bits per heavy atom. The van der Waals surface area contributed by atoms with Crippen molar-refractivity contribution in [3.63, 3.8) is 0 Å². The van der Waals surface area contributed by atoms with E-state index < -0.39 is 22.3 Å². The number of carbonyl (C=O) groups is 1. The van der Waals surface area contributed by atoms with Gasteiger partial charge < -0.3 is 15.2 Å². The molecule has 0 radical (unpaired) electrons. The highest BCUT2D eigenvalue weighted by Gasteiger charge is 2.16. The first kappa shape index (κ1) is 19.5. The van der Waals surface area contributed by atoms with Gasteiger partial charge in [-0.2, -0.15) is 5.26 Å². The van der Waals surface area contributed by atoms with Gasteiger partial charge in [-0.25, -0.2) is 0 Å². The molecule has 0 heterocycles. The molecule has 0 saturated carbocycles. The van der Waals surface area contributed by atoms with E-state index in [-0.39, 0.29) is 22.9 Å². The summed E-state index contributed by atoms with van der Waals surface area (Å²) in [6.07, 6.45) is 1.17. The van der Waals surface area contributed by atoms with Crippen molar-refractivity contribution in [2.75, 3.05) is 7.11 Å². The molecular formula is C19H16N3O5-. The third-order valence-electron chi connectivity index (χ3n) is 3.80. The summed E-state index contributed by atoms with van der Waals surface area (Å²) in [4.78, 5) is 22.6. The van der Waals surface area contributed by atoms with Crippen LogP contribution in [0.15, 0.2) is 48.0 Å². The summed E-state index contributed by atoms with van der Waals surface area (Å²) < 4.78 is 4.84. The lowest BCUT2D eigenvalue weighted by Gasteiger charge is -2.15. The zero-order valence-corrected chi connectivity index (χ0v) is 14.6. The SMILES string of the molecule is COc1cc(/C=C(\C#N)C(=O)N[C@H](C)c2ccccc2)cc([N+](=O)[O-])c1[O-]. The Bertz CT molecular complexity index is 932. The topological polar surface area (TPSA) is 128 Å². The number of hydrogen-bond acceptors (Lipinski definition) is 6.